The van der Waals surface area contributed by atoms with Gasteiger partial charge in [-0.05, 0) is 12.1 Å². The smallest absolute Gasteiger partial charge is 0.171 e. The summed E-state index contributed by atoms with van der Waals surface area (Å²) in [6, 6.07) is 7.95. The highest BCUT2D eigenvalue weighted by Gasteiger charge is 2.22. The second-order valence-electron chi connectivity index (χ2n) is 4.63. The zero-order chi connectivity index (χ0) is 12.7. The molecule has 1 aromatic heterocycles. The monoisotopic (exact) mass is 244 g/mol. The number of nitrogen functional groups attached to an aromatic ring is 1. The highest BCUT2D eigenvalue weighted by Crippen LogP contribution is 2.40. The Bertz CT molecular complexity index is 578. The quantitative estimate of drug-likeness (QED) is 0.829. The van der Waals surface area contributed by atoms with Crippen molar-refractivity contribution in [3.8, 4) is 11.3 Å². The lowest BCUT2D eigenvalue weighted by Gasteiger charge is -2.35. The lowest BCUT2D eigenvalue weighted by atomic mass is 10.1. The van der Waals surface area contributed by atoms with Crippen LogP contribution in [0.4, 0.5) is 17.2 Å². The minimum Gasteiger partial charge on any atom is -0.381 e. The molecular formula is C13H16N4O. The normalized spacial score (nSPS) is 14.8. The van der Waals surface area contributed by atoms with E-state index in [1.807, 2.05) is 12.1 Å². The third-order valence-corrected chi connectivity index (χ3v) is 3.37. The van der Waals surface area contributed by atoms with Gasteiger partial charge in [0, 0.05) is 38.8 Å². The van der Waals surface area contributed by atoms with Crippen LogP contribution in [0, 0.1) is 0 Å². The summed E-state index contributed by atoms with van der Waals surface area (Å²) in [6.07, 6.45) is 0. The molecule has 0 atom stereocenters. The summed E-state index contributed by atoms with van der Waals surface area (Å²) in [7, 11) is 4.19. The van der Waals surface area contributed by atoms with Crippen molar-refractivity contribution in [2.24, 2.45) is 0 Å². The van der Waals surface area contributed by atoms with Gasteiger partial charge in [-0.2, -0.15) is 0 Å². The number of aromatic nitrogens is 1. The fourth-order valence-corrected chi connectivity index (χ4v) is 2.39. The molecule has 1 aliphatic heterocycles. The first kappa shape index (κ1) is 11.0. The van der Waals surface area contributed by atoms with E-state index in [0.717, 1.165) is 18.7 Å². The Hall–Kier alpha value is -2.17. The van der Waals surface area contributed by atoms with Gasteiger partial charge in [0.15, 0.2) is 11.6 Å². The van der Waals surface area contributed by atoms with Gasteiger partial charge in [0.2, 0.25) is 0 Å². The summed E-state index contributed by atoms with van der Waals surface area (Å²) in [5, 5.41) is 3.76. The molecule has 94 valence electrons. The van der Waals surface area contributed by atoms with Crippen LogP contribution in [-0.4, -0.2) is 32.3 Å². The summed E-state index contributed by atoms with van der Waals surface area (Å²) < 4.78 is 5.28. The van der Waals surface area contributed by atoms with Crippen molar-refractivity contribution in [2.45, 2.75) is 0 Å². The highest BCUT2D eigenvalue weighted by atomic mass is 16.5. The molecule has 2 N–H and O–H groups in total. The van der Waals surface area contributed by atoms with E-state index < -0.39 is 0 Å². The molecule has 1 aliphatic rings. The molecule has 0 fully saturated rings. The van der Waals surface area contributed by atoms with Crippen LogP contribution in [0.2, 0.25) is 0 Å². The topological polar surface area (TPSA) is 58.5 Å². The van der Waals surface area contributed by atoms with Gasteiger partial charge in [0.1, 0.15) is 0 Å². The minimum absolute atomic E-state index is 0.412. The number of hydrogen-bond donors (Lipinski definition) is 1. The number of rotatable bonds is 1. The van der Waals surface area contributed by atoms with Crippen LogP contribution in [-0.2, 0) is 0 Å². The molecule has 0 amide bonds. The van der Waals surface area contributed by atoms with E-state index in [0.29, 0.717) is 11.6 Å². The van der Waals surface area contributed by atoms with Crippen molar-refractivity contribution < 1.29 is 4.52 Å². The second kappa shape index (κ2) is 3.94. The van der Waals surface area contributed by atoms with Gasteiger partial charge >= 0.3 is 0 Å². The van der Waals surface area contributed by atoms with E-state index in [2.05, 4.69) is 35.1 Å². The Kier molecular flexibility index (Phi) is 2.40. The van der Waals surface area contributed by atoms with Crippen LogP contribution in [0.5, 0.6) is 0 Å². The lowest BCUT2D eigenvalue weighted by Crippen LogP contribution is -2.37. The lowest BCUT2D eigenvalue weighted by molar-refractivity contribution is 0.436. The van der Waals surface area contributed by atoms with E-state index >= 15 is 0 Å². The molecule has 2 heterocycles. The van der Waals surface area contributed by atoms with Gasteiger partial charge < -0.3 is 20.1 Å². The summed E-state index contributed by atoms with van der Waals surface area (Å²) >= 11 is 0. The minimum atomic E-state index is 0.412. The van der Waals surface area contributed by atoms with Crippen LogP contribution in [0.15, 0.2) is 28.8 Å². The Labute approximate surface area is 106 Å². The number of benzene rings is 1. The van der Waals surface area contributed by atoms with Gasteiger partial charge in [-0.15, -0.1) is 0 Å². The number of para-hydroxylation sites is 1. The molecule has 0 aliphatic carbocycles. The maximum absolute atomic E-state index is 5.63. The number of anilines is 3. The Balaban J connectivity index is 2.19. The molecule has 18 heavy (non-hydrogen) atoms. The number of likely N-dealkylation sites (N-methyl/N-ethyl adjacent to an activating group) is 2. The summed E-state index contributed by atoms with van der Waals surface area (Å²) in [4.78, 5) is 4.49. The first-order valence-electron chi connectivity index (χ1n) is 5.94. The summed E-state index contributed by atoms with van der Waals surface area (Å²) in [5.74, 6) is 1.13. The van der Waals surface area contributed by atoms with E-state index in [9.17, 15) is 0 Å². The van der Waals surface area contributed by atoms with Gasteiger partial charge in [-0.3, -0.25) is 0 Å². The first-order chi connectivity index (χ1) is 8.66. The molecule has 0 radical (unpaired) electrons. The van der Waals surface area contributed by atoms with Crippen LogP contribution < -0.4 is 15.5 Å². The zero-order valence-electron chi connectivity index (χ0n) is 10.6. The second-order valence-corrected chi connectivity index (χ2v) is 4.63. The van der Waals surface area contributed by atoms with Gasteiger partial charge in [-0.1, -0.05) is 11.2 Å². The highest BCUT2D eigenvalue weighted by molar-refractivity contribution is 5.87. The van der Waals surface area contributed by atoms with Crippen molar-refractivity contribution in [1.29, 1.82) is 0 Å². The molecule has 0 saturated carbocycles. The van der Waals surface area contributed by atoms with Crippen molar-refractivity contribution in [3.63, 3.8) is 0 Å². The van der Waals surface area contributed by atoms with Crippen LogP contribution in [0.25, 0.3) is 11.3 Å². The van der Waals surface area contributed by atoms with Crippen molar-refractivity contribution in [3.05, 3.63) is 24.3 Å². The predicted molar refractivity (Wildman–Crippen MR) is 72.9 cm³/mol. The summed E-state index contributed by atoms with van der Waals surface area (Å²) in [6.45, 7) is 2.01. The molecule has 3 rings (SSSR count). The Morgan fingerprint density at radius 3 is 2.72 bits per heavy atom. The van der Waals surface area contributed by atoms with Crippen molar-refractivity contribution in [1.82, 2.24) is 5.16 Å². The van der Waals surface area contributed by atoms with Crippen LogP contribution >= 0.6 is 0 Å². The molecule has 0 spiro atoms. The molecule has 5 heteroatoms. The number of nitrogens with zero attached hydrogens (tertiary/aromatic N) is 3. The number of fused-ring (bicyclic) bond motifs is 1. The van der Waals surface area contributed by atoms with Crippen molar-refractivity contribution in [2.75, 3.05) is 42.7 Å². The molecule has 5 nitrogen and oxygen atoms in total. The Morgan fingerprint density at radius 1 is 1.22 bits per heavy atom. The zero-order valence-corrected chi connectivity index (χ0v) is 10.6. The average molecular weight is 244 g/mol. The molecule has 0 saturated heterocycles. The molecule has 1 aromatic carbocycles. The number of hydrogen-bond acceptors (Lipinski definition) is 5. The van der Waals surface area contributed by atoms with Crippen LogP contribution in [0.1, 0.15) is 0 Å². The van der Waals surface area contributed by atoms with E-state index in [4.69, 9.17) is 10.3 Å². The molecular weight excluding hydrogens is 228 g/mol. The third-order valence-electron chi connectivity index (χ3n) is 3.37. The Morgan fingerprint density at radius 2 is 2.00 bits per heavy atom. The predicted octanol–water partition coefficient (Wildman–Crippen LogP) is 1.81. The van der Waals surface area contributed by atoms with E-state index in [1.165, 1.54) is 11.4 Å². The number of nitrogens with two attached hydrogens (primary N) is 1. The first-order valence-corrected chi connectivity index (χ1v) is 5.94. The van der Waals surface area contributed by atoms with Crippen LogP contribution in [0.3, 0.4) is 0 Å². The van der Waals surface area contributed by atoms with Gasteiger partial charge in [-0.25, -0.2) is 0 Å². The van der Waals surface area contributed by atoms with E-state index in [1.54, 1.807) is 6.07 Å². The molecule has 0 unspecified atom stereocenters. The van der Waals surface area contributed by atoms with Gasteiger partial charge in [0.05, 0.1) is 11.4 Å². The standard InChI is InChI=1S/C13H16N4O/c1-16-6-7-17(2)13-9(4-3-5-10(13)16)11-8-12(14)15-18-11/h3-5,8H,6-7H2,1-2H3,(H2,14,15). The largest absolute Gasteiger partial charge is 0.381 e. The SMILES string of the molecule is CN1CCN(C)c2c(-c3cc(N)no3)cccc21. The third kappa shape index (κ3) is 1.59. The fourth-order valence-electron chi connectivity index (χ4n) is 2.39. The summed E-state index contributed by atoms with van der Waals surface area (Å²) in [5.41, 5.74) is 9.03. The van der Waals surface area contributed by atoms with Crippen molar-refractivity contribution >= 4 is 17.2 Å². The average Bonchev–Trinajstić information content (AvgIpc) is 2.80. The molecule has 2 aromatic rings. The van der Waals surface area contributed by atoms with Gasteiger partial charge in [0.25, 0.3) is 0 Å². The maximum Gasteiger partial charge on any atom is 0.171 e. The van der Waals surface area contributed by atoms with E-state index in [-0.39, 0.29) is 0 Å². The molecule has 0 bridgehead atoms. The fraction of sp³-hybridized carbons (Fsp3) is 0.308. The maximum atomic E-state index is 5.63.